The highest BCUT2D eigenvalue weighted by molar-refractivity contribution is 5.94. The Morgan fingerprint density at radius 1 is 1.16 bits per heavy atom. The fourth-order valence-electron chi connectivity index (χ4n) is 4.35. The van der Waals surface area contributed by atoms with Gasteiger partial charge in [-0.3, -0.25) is 14.1 Å². The lowest BCUT2D eigenvalue weighted by molar-refractivity contribution is 0.0642. The predicted octanol–water partition coefficient (Wildman–Crippen LogP) is 1.17. The Morgan fingerprint density at radius 2 is 1.97 bits per heavy atom. The molecule has 0 bridgehead atoms. The average Bonchev–Trinajstić information content (AvgIpc) is 3.27. The van der Waals surface area contributed by atoms with Gasteiger partial charge >= 0.3 is 0 Å². The van der Waals surface area contributed by atoms with Gasteiger partial charge in [-0.25, -0.2) is 9.97 Å². The highest BCUT2D eigenvalue weighted by atomic mass is 16.5. The first-order chi connectivity index (χ1) is 15.7. The number of ether oxygens (including phenoxy) is 1. The maximum atomic E-state index is 12.8. The van der Waals surface area contributed by atoms with Crippen molar-refractivity contribution in [2.75, 3.05) is 51.3 Å². The minimum absolute atomic E-state index is 0.00288. The molecule has 2 aliphatic rings. The molecule has 1 atom stereocenters. The maximum Gasteiger partial charge on any atom is 0.252 e. The van der Waals surface area contributed by atoms with Gasteiger partial charge in [0.15, 0.2) is 11.5 Å². The summed E-state index contributed by atoms with van der Waals surface area (Å²) >= 11 is 0. The molecule has 0 aliphatic carbocycles. The molecule has 0 saturated carbocycles. The molecule has 5 rings (SSSR count). The molecule has 2 saturated heterocycles. The van der Waals surface area contributed by atoms with Gasteiger partial charge in [-0.05, 0) is 44.0 Å². The number of anilines is 1. The second-order valence-electron chi connectivity index (χ2n) is 8.46. The summed E-state index contributed by atoms with van der Waals surface area (Å²) in [5, 5.41) is 11.9. The lowest BCUT2D eigenvalue weighted by Gasteiger charge is -2.38. The SMILES string of the molecule is CN1CCN(c2ncccn2)CC1c1nnc2ccc(C(=O)NCC3CCOCC3)cn12. The Hall–Kier alpha value is -3.11. The number of rotatable bonds is 5. The molecule has 5 heterocycles. The second-order valence-corrected chi connectivity index (χ2v) is 8.46. The van der Waals surface area contributed by atoms with Crippen LogP contribution in [0.25, 0.3) is 5.65 Å². The molecule has 3 aromatic rings. The number of nitrogens with zero attached hydrogens (tertiary/aromatic N) is 7. The molecular weight excluding hydrogens is 408 g/mol. The van der Waals surface area contributed by atoms with Crippen molar-refractivity contribution in [3.8, 4) is 0 Å². The van der Waals surface area contributed by atoms with Crippen molar-refractivity contribution in [1.29, 1.82) is 0 Å². The van der Waals surface area contributed by atoms with Gasteiger partial charge in [0.2, 0.25) is 5.95 Å². The summed E-state index contributed by atoms with van der Waals surface area (Å²) in [5.41, 5.74) is 1.33. The molecule has 0 aromatic carbocycles. The fourth-order valence-corrected chi connectivity index (χ4v) is 4.35. The van der Waals surface area contributed by atoms with Crippen molar-refractivity contribution in [2.45, 2.75) is 18.9 Å². The zero-order valence-corrected chi connectivity index (χ0v) is 18.2. The van der Waals surface area contributed by atoms with E-state index in [-0.39, 0.29) is 11.9 Å². The zero-order chi connectivity index (χ0) is 21.9. The van der Waals surface area contributed by atoms with Gasteiger partial charge in [0.1, 0.15) is 0 Å². The number of carbonyl (C=O) groups excluding carboxylic acids is 1. The maximum absolute atomic E-state index is 12.8. The van der Waals surface area contributed by atoms with Gasteiger partial charge in [0, 0.05) is 58.0 Å². The van der Waals surface area contributed by atoms with Crippen LogP contribution in [0.4, 0.5) is 5.95 Å². The highest BCUT2D eigenvalue weighted by Gasteiger charge is 2.30. The van der Waals surface area contributed by atoms with E-state index in [1.807, 2.05) is 28.8 Å². The molecule has 1 amide bonds. The van der Waals surface area contributed by atoms with E-state index in [0.29, 0.717) is 30.5 Å². The van der Waals surface area contributed by atoms with Gasteiger partial charge in [-0.2, -0.15) is 0 Å². The molecule has 10 nitrogen and oxygen atoms in total. The van der Waals surface area contributed by atoms with Crippen LogP contribution in [0.2, 0.25) is 0 Å². The number of hydrogen-bond acceptors (Lipinski definition) is 8. The van der Waals surface area contributed by atoms with Crippen molar-refractivity contribution >= 4 is 17.5 Å². The van der Waals surface area contributed by atoms with Crippen molar-refractivity contribution in [3.63, 3.8) is 0 Å². The normalized spacial score (nSPS) is 20.5. The third kappa shape index (κ3) is 4.28. The second kappa shape index (κ2) is 9.17. The lowest BCUT2D eigenvalue weighted by Crippen LogP contribution is -2.47. The fraction of sp³-hybridized carbons (Fsp3) is 0.500. The molecule has 0 radical (unpaired) electrons. The first kappa shape index (κ1) is 20.8. The van der Waals surface area contributed by atoms with E-state index in [2.05, 4.69) is 42.3 Å². The molecule has 1 unspecified atom stereocenters. The largest absolute Gasteiger partial charge is 0.381 e. The molecule has 168 valence electrons. The number of nitrogens with one attached hydrogen (secondary N) is 1. The summed E-state index contributed by atoms with van der Waals surface area (Å²) in [6.07, 6.45) is 7.34. The van der Waals surface area contributed by atoms with Crippen LogP contribution in [0, 0.1) is 5.92 Å². The molecular formula is C22H28N8O2. The number of likely N-dealkylation sites (N-methyl/N-ethyl adjacent to an activating group) is 1. The van der Waals surface area contributed by atoms with Gasteiger partial charge in [0.05, 0.1) is 11.6 Å². The Bertz CT molecular complexity index is 1070. The molecule has 10 heteroatoms. The third-order valence-corrected chi connectivity index (χ3v) is 6.36. The first-order valence-electron chi connectivity index (χ1n) is 11.1. The van der Waals surface area contributed by atoms with Gasteiger partial charge in [-0.1, -0.05) is 0 Å². The summed E-state index contributed by atoms with van der Waals surface area (Å²) in [5.74, 6) is 1.92. The van der Waals surface area contributed by atoms with Gasteiger partial charge in [0.25, 0.3) is 5.91 Å². The summed E-state index contributed by atoms with van der Waals surface area (Å²) in [6.45, 7) is 4.61. The van der Waals surface area contributed by atoms with Gasteiger partial charge in [-0.15, -0.1) is 10.2 Å². The smallest absolute Gasteiger partial charge is 0.252 e. The molecule has 2 aliphatic heterocycles. The summed E-state index contributed by atoms with van der Waals surface area (Å²) in [7, 11) is 2.08. The van der Waals surface area contributed by atoms with Crippen molar-refractivity contribution < 1.29 is 9.53 Å². The Labute approximate surface area is 186 Å². The van der Waals surface area contributed by atoms with Gasteiger partial charge < -0.3 is 15.0 Å². The van der Waals surface area contributed by atoms with Crippen LogP contribution in [0.15, 0.2) is 36.8 Å². The third-order valence-electron chi connectivity index (χ3n) is 6.36. The van der Waals surface area contributed by atoms with E-state index in [1.54, 1.807) is 12.4 Å². The number of aromatic nitrogens is 5. The number of fused-ring (bicyclic) bond motifs is 1. The number of pyridine rings is 1. The van der Waals surface area contributed by atoms with E-state index in [0.717, 1.165) is 50.6 Å². The van der Waals surface area contributed by atoms with Crippen LogP contribution in [0.3, 0.4) is 0 Å². The van der Waals surface area contributed by atoms with Crippen LogP contribution < -0.4 is 10.2 Å². The number of carbonyl (C=O) groups is 1. The van der Waals surface area contributed by atoms with Crippen molar-refractivity contribution in [2.24, 2.45) is 5.92 Å². The van der Waals surface area contributed by atoms with E-state index >= 15 is 0 Å². The standard InChI is InChI=1S/C22H28N8O2/c1-28-9-10-29(22-23-7-2-8-24-22)15-18(28)20-27-26-19-4-3-17(14-30(19)20)21(31)25-13-16-5-11-32-12-6-16/h2-4,7-8,14,16,18H,5-6,9-13,15H2,1H3,(H,25,31). The Balaban J connectivity index is 1.35. The van der Waals surface area contributed by atoms with Crippen LogP contribution in [0.1, 0.15) is 35.1 Å². The summed E-state index contributed by atoms with van der Waals surface area (Å²) in [4.78, 5) is 26.0. The summed E-state index contributed by atoms with van der Waals surface area (Å²) in [6, 6.07) is 5.48. The molecule has 0 spiro atoms. The number of hydrogen-bond donors (Lipinski definition) is 1. The minimum atomic E-state index is -0.0747. The zero-order valence-electron chi connectivity index (χ0n) is 18.2. The molecule has 3 aromatic heterocycles. The van der Waals surface area contributed by atoms with E-state index in [4.69, 9.17) is 4.74 Å². The average molecular weight is 437 g/mol. The minimum Gasteiger partial charge on any atom is -0.381 e. The monoisotopic (exact) mass is 436 g/mol. The highest BCUT2D eigenvalue weighted by Crippen LogP contribution is 2.25. The molecule has 32 heavy (non-hydrogen) atoms. The molecule has 2 fully saturated rings. The van der Waals surface area contributed by atoms with E-state index < -0.39 is 0 Å². The Morgan fingerprint density at radius 3 is 2.78 bits per heavy atom. The lowest BCUT2D eigenvalue weighted by atomic mass is 10.0. The van der Waals surface area contributed by atoms with Crippen LogP contribution >= 0.6 is 0 Å². The van der Waals surface area contributed by atoms with Crippen LogP contribution in [-0.4, -0.2) is 81.8 Å². The predicted molar refractivity (Wildman–Crippen MR) is 118 cm³/mol. The van der Waals surface area contributed by atoms with Crippen molar-refractivity contribution in [3.05, 3.63) is 48.2 Å². The van der Waals surface area contributed by atoms with Crippen LogP contribution in [-0.2, 0) is 4.74 Å². The van der Waals surface area contributed by atoms with Crippen LogP contribution in [0.5, 0.6) is 0 Å². The Kier molecular flexibility index (Phi) is 5.95. The topological polar surface area (TPSA) is 101 Å². The first-order valence-corrected chi connectivity index (χ1v) is 11.1. The summed E-state index contributed by atoms with van der Waals surface area (Å²) < 4.78 is 7.33. The number of piperazine rings is 1. The quantitative estimate of drug-likeness (QED) is 0.636. The number of amides is 1. The van der Waals surface area contributed by atoms with E-state index in [9.17, 15) is 4.79 Å². The van der Waals surface area contributed by atoms with Crippen molar-refractivity contribution in [1.82, 2.24) is 34.8 Å². The van der Waals surface area contributed by atoms with E-state index in [1.165, 1.54) is 0 Å². The molecule has 1 N–H and O–H groups in total.